The molecule has 1 heterocycles. The van der Waals surface area contributed by atoms with E-state index in [1.165, 1.54) is 0 Å². The summed E-state index contributed by atoms with van der Waals surface area (Å²) in [6, 6.07) is 14.4. The number of aliphatic hydroxyl groups is 2. The van der Waals surface area contributed by atoms with Gasteiger partial charge in [0.05, 0.1) is 25.7 Å². The number of ether oxygens (including phenoxy) is 2. The molecule has 3 N–H and O–H groups in total. The molecule has 2 aromatic rings. The van der Waals surface area contributed by atoms with E-state index < -0.39 is 24.2 Å². The zero-order valence-electron chi connectivity index (χ0n) is 20.3. The maximum atomic E-state index is 13.5. The second-order valence-corrected chi connectivity index (χ2v) is 9.55. The second kappa shape index (κ2) is 10.3. The monoisotopic (exact) mass is 492 g/mol. The minimum atomic E-state index is -1.02. The topological polar surface area (TPSA) is 108 Å². The summed E-state index contributed by atoms with van der Waals surface area (Å²) in [7, 11) is 1.62. The van der Waals surface area contributed by atoms with E-state index in [-0.39, 0.29) is 30.9 Å². The number of amides is 2. The number of hydrogen-bond donors (Lipinski definition) is 3. The average molecular weight is 493 g/mol. The molecule has 0 bridgehead atoms. The Morgan fingerprint density at radius 2 is 1.89 bits per heavy atom. The highest BCUT2D eigenvalue weighted by Gasteiger charge is 2.51. The first-order valence-corrected chi connectivity index (χ1v) is 12.5. The number of hydrogen-bond acceptors (Lipinski definition) is 6. The average Bonchev–Trinajstić information content (AvgIpc) is 3.68. The lowest BCUT2D eigenvalue weighted by Gasteiger charge is -2.41. The number of nitrogens with one attached hydrogen (secondary N) is 1. The summed E-state index contributed by atoms with van der Waals surface area (Å²) in [4.78, 5) is 28.4. The quantitative estimate of drug-likeness (QED) is 0.493. The van der Waals surface area contributed by atoms with Crippen molar-refractivity contribution in [2.75, 3.05) is 26.8 Å². The van der Waals surface area contributed by atoms with Crippen LogP contribution >= 0.6 is 0 Å². The number of fused-ring (bicyclic) bond motifs is 3. The molecule has 0 spiro atoms. The van der Waals surface area contributed by atoms with Crippen molar-refractivity contribution in [2.45, 2.75) is 43.4 Å². The van der Waals surface area contributed by atoms with Gasteiger partial charge in [-0.2, -0.15) is 0 Å². The normalized spacial score (nSPS) is 24.1. The summed E-state index contributed by atoms with van der Waals surface area (Å²) < 4.78 is 11.7. The molecule has 8 nitrogen and oxygen atoms in total. The molecule has 190 valence electrons. The Balaban J connectivity index is 1.50. The van der Waals surface area contributed by atoms with Crippen molar-refractivity contribution in [2.24, 2.45) is 5.92 Å². The van der Waals surface area contributed by atoms with Crippen LogP contribution in [0, 0.1) is 5.92 Å². The summed E-state index contributed by atoms with van der Waals surface area (Å²) in [5.41, 5.74) is 2.24. The Bertz CT molecular complexity index is 1160. The molecular weight excluding hydrogens is 460 g/mol. The summed E-state index contributed by atoms with van der Waals surface area (Å²) >= 11 is 0. The highest BCUT2D eigenvalue weighted by Crippen LogP contribution is 2.47. The first-order valence-electron chi connectivity index (χ1n) is 12.5. The molecule has 8 heteroatoms. The molecule has 2 aromatic carbocycles. The lowest BCUT2D eigenvalue weighted by Crippen LogP contribution is -2.56. The van der Waals surface area contributed by atoms with Gasteiger partial charge >= 0.3 is 0 Å². The van der Waals surface area contributed by atoms with Crippen LogP contribution in [-0.4, -0.2) is 72.0 Å². The van der Waals surface area contributed by atoms with Gasteiger partial charge in [0.15, 0.2) is 0 Å². The predicted molar refractivity (Wildman–Crippen MR) is 133 cm³/mol. The number of rotatable bonds is 9. The molecule has 1 aliphatic heterocycles. The van der Waals surface area contributed by atoms with Crippen molar-refractivity contribution in [3.05, 3.63) is 71.3 Å². The van der Waals surface area contributed by atoms with Crippen LogP contribution in [0.3, 0.4) is 0 Å². The number of nitrogens with zero attached hydrogens (tertiary/aromatic N) is 1. The van der Waals surface area contributed by atoms with E-state index >= 15 is 0 Å². The number of aliphatic hydroxyl groups excluding tert-OH is 2. The molecule has 4 atom stereocenters. The van der Waals surface area contributed by atoms with Crippen LogP contribution in [0.25, 0.3) is 0 Å². The van der Waals surface area contributed by atoms with Crippen LogP contribution in [0.5, 0.6) is 11.5 Å². The minimum absolute atomic E-state index is 0.0192. The summed E-state index contributed by atoms with van der Waals surface area (Å²) in [5.74, 6) is 0.499. The fourth-order valence-electron chi connectivity index (χ4n) is 5.31. The molecule has 0 saturated heterocycles. The van der Waals surface area contributed by atoms with Gasteiger partial charge in [0.2, 0.25) is 11.8 Å². The first kappa shape index (κ1) is 24.3. The zero-order valence-corrected chi connectivity index (χ0v) is 20.3. The molecule has 0 aromatic heterocycles. The van der Waals surface area contributed by atoms with Gasteiger partial charge in [0.1, 0.15) is 23.7 Å². The van der Waals surface area contributed by atoms with Gasteiger partial charge in [0.25, 0.3) is 0 Å². The summed E-state index contributed by atoms with van der Waals surface area (Å²) in [6.45, 7) is 0.295. The van der Waals surface area contributed by atoms with E-state index in [4.69, 9.17) is 9.47 Å². The van der Waals surface area contributed by atoms with Gasteiger partial charge in [-0.05, 0) is 43.0 Å². The molecule has 1 saturated carbocycles. The third-order valence-corrected chi connectivity index (χ3v) is 7.26. The van der Waals surface area contributed by atoms with E-state index in [9.17, 15) is 19.8 Å². The molecule has 2 amide bonds. The van der Waals surface area contributed by atoms with E-state index in [1.807, 2.05) is 48.5 Å². The van der Waals surface area contributed by atoms with Crippen LogP contribution in [-0.2, 0) is 16.0 Å². The van der Waals surface area contributed by atoms with Crippen LogP contribution in [0.2, 0.25) is 0 Å². The number of benzene rings is 2. The van der Waals surface area contributed by atoms with Gasteiger partial charge in [0, 0.05) is 30.1 Å². The van der Waals surface area contributed by atoms with E-state index in [0.717, 1.165) is 29.7 Å². The first-order chi connectivity index (χ1) is 17.5. The lowest BCUT2D eigenvalue weighted by atomic mass is 9.77. The number of methoxy groups -OCH3 is 1. The van der Waals surface area contributed by atoms with E-state index in [1.54, 1.807) is 18.1 Å². The standard InChI is InChI=1S/C28H32N2O6/c1-35-22-8-4-2-6-17(22)12-14-30(28(34)18-10-11-18)21-16-20(27(33)29-13-15-31)24-19-7-3-5-9-23(19)36-26(24)25(21)32/h2-9,16,18,21,24-26,31-32H,10-15H2,1H3,(H,29,33)/t21-,24+,25+,26+/m1/s1. The molecule has 36 heavy (non-hydrogen) atoms. The smallest absolute Gasteiger partial charge is 0.247 e. The Morgan fingerprint density at radius 3 is 2.64 bits per heavy atom. The van der Waals surface area contributed by atoms with Crippen molar-refractivity contribution in [1.29, 1.82) is 0 Å². The fraction of sp³-hybridized carbons (Fsp3) is 0.429. The maximum Gasteiger partial charge on any atom is 0.247 e. The molecule has 1 fully saturated rings. The summed E-state index contributed by atoms with van der Waals surface area (Å²) in [6.07, 6.45) is 2.21. The molecule has 2 aliphatic carbocycles. The Labute approximate surface area is 210 Å². The van der Waals surface area contributed by atoms with Crippen LogP contribution in [0.4, 0.5) is 0 Å². The summed E-state index contributed by atoms with van der Waals surface area (Å²) in [5, 5.41) is 23.5. The van der Waals surface area contributed by atoms with E-state index in [2.05, 4.69) is 5.32 Å². The Hall–Kier alpha value is -3.36. The molecule has 0 radical (unpaired) electrons. The van der Waals surface area contributed by atoms with Crippen LogP contribution in [0.15, 0.2) is 60.2 Å². The Kier molecular flexibility index (Phi) is 6.98. The minimum Gasteiger partial charge on any atom is -0.496 e. The van der Waals surface area contributed by atoms with Gasteiger partial charge in [-0.15, -0.1) is 0 Å². The zero-order chi connectivity index (χ0) is 25.2. The molecular formula is C28H32N2O6. The number of para-hydroxylation sites is 2. The highest BCUT2D eigenvalue weighted by atomic mass is 16.5. The van der Waals surface area contributed by atoms with Crippen molar-refractivity contribution < 1.29 is 29.3 Å². The highest BCUT2D eigenvalue weighted by molar-refractivity contribution is 5.96. The largest absolute Gasteiger partial charge is 0.496 e. The van der Waals surface area contributed by atoms with Crippen molar-refractivity contribution >= 4 is 11.8 Å². The van der Waals surface area contributed by atoms with Crippen molar-refractivity contribution in [3.8, 4) is 11.5 Å². The SMILES string of the molecule is COc1ccccc1CCN(C(=O)C1CC1)[C@@H]1C=C(C(=O)NCCO)[C@@H]2c3ccccc3O[C@@H]2[C@H]1O. The fourth-order valence-corrected chi connectivity index (χ4v) is 5.31. The molecule has 5 rings (SSSR count). The number of carbonyl (C=O) groups is 2. The second-order valence-electron chi connectivity index (χ2n) is 9.55. The van der Waals surface area contributed by atoms with Crippen LogP contribution in [0.1, 0.15) is 29.9 Å². The van der Waals surface area contributed by atoms with Gasteiger partial charge in [-0.3, -0.25) is 9.59 Å². The van der Waals surface area contributed by atoms with Gasteiger partial charge in [-0.1, -0.05) is 36.4 Å². The predicted octanol–water partition coefficient (Wildman–Crippen LogP) is 1.80. The van der Waals surface area contributed by atoms with Gasteiger partial charge < -0.3 is 29.9 Å². The van der Waals surface area contributed by atoms with Crippen LogP contribution < -0.4 is 14.8 Å². The van der Waals surface area contributed by atoms with Gasteiger partial charge in [-0.25, -0.2) is 0 Å². The third kappa shape index (κ3) is 4.58. The molecule has 0 unspecified atom stereocenters. The third-order valence-electron chi connectivity index (χ3n) is 7.26. The maximum absolute atomic E-state index is 13.5. The Morgan fingerprint density at radius 1 is 1.14 bits per heavy atom. The lowest BCUT2D eigenvalue weighted by molar-refractivity contribution is -0.138. The molecule has 3 aliphatic rings. The van der Waals surface area contributed by atoms with Crippen molar-refractivity contribution in [1.82, 2.24) is 10.2 Å². The van der Waals surface area contributed by atoms with Crippen molar-refractivity contribution in [3.63, 3.8) is 0 Å². The number of carbonyl (C=O) groups excluding carboxylic acids is 2. The van der Waals surface area contributed by atoms with E-state index in [0.29, 0.717) is 24.3 Å².